The van der Waals surface area contributed by atoms with Gasteiger partial charge in [0, 0.05) is 6.07 Å². The molecule has 0 aliphatic rings. The molecule has 0 bridgehead atoms. The molecular formula is C15H10F2N2O. The third kappa shape index (κ3) is 2.98. The summed E-state index contributed by atoms with van der Waals surface area (Å²) in [6, 6.07) is 12.3. The van der Waals surface area contributed by atoms with Gasteiger partial charge in [-0.05, 0) is 17.7 Å². The quantitative estimate of drug-likeness (QED) is 0.933. The van der Waals surface area contributed by atoms with Crippen molar-refractivity contribution < 1.29 is 13.6 Å². The van der Waals surface area contributed by atoms with Crippen molar-refractivity contribution in [2.45, 2.75) is 6.04 Å². The zero-order valence-corrected chi connectivity index (χ0v) is 10.3. The number of halogens is 2. The molecule has 0 heterocycles. The fourth-order valence-electron chi connectivity index (χ4n) is 1.72. The largest absolute Gasteiger partial charge is 0.332 e. The molecule has 2 aromatic carbocycles. The fraction of sp³-hybridized carbons (Fsp3) is 0.0667. The summed E-state index contributed by atoms with van der Waals surface area (Å²) in [6.07, 6.45) is 0. The molecule has 0 saturated carbocycles. The molecule has 1 atom stereocenters. The van der Waals surface area contributed by atoms with E-state index in [-0.39, 0.29) is 5.56 Å². The second kappa shape index (κ2) is 5.93. The van der Waals surface area contributed by atoms with Crippen LogP contribution in [0.1, 0.15) is 22.0 Å². The summed E-state index contributed by atoms with van der Waals surface area (Å²) in [7, 11) is 0. The number of carbonyl (C=O) groups excluding carboxylic acids is 1. The summed E-state index contributed by atoms with van der Waals surface area (Å²) < 4.78 is 26.3. The van der Waals surface area contributed by atoms with E-state index in [2.05, 4.69) is 5.32 Å². The Labute approximate surface area is 114 Å². The van der Waals surface area contributed by atoms with E-state index >= 15 is 0 Å². The highest BCUT2D eigenvalue weighted by Gasteiger charge is 2.17. The smallest absolute Gasteiger partial charge is 0.255 e. The minimum Gasteiger partial charge on any atom is -0.332 e. The summed E-state index contributed by atoms with van der Waals surface area (Å²) >= 11 is 0. The van der Waals surface area contributed by atoms with Crippen molar-refractivity contribution in [3.05, 3.63) is 71.3 Å². The van der Waals surface area contributed by atoms with Gasteiger partial charge in [0.15, 0.2) is 0 Å². The summed E-state index contributed by atoms with van der Waals surface area (Å²) in [5.41, 5.74) is 0.286. The number of hydrogen-bond donors (Lipinski definition) is 1. The second-order valence-corrected chi connectivity index (χ2v) is 4.07. The van der Waals surface area contributed by atoms with Gasteiger partial charge in [-0.2, -0.15) is 5.26 Å². The summed E-state index contributed by atoms with van der Waals surface area (Å²) in [5.74, 6) is -2.50. The highest BCUT2D eigenvalue weighted by Crippen LogP contribution is 2.14. The van der Waals surface area contributed by atoms with Crippen molar-refractivity contribution in [3.8, 4) is 6.07 Å². The van der Waals surface area contributed by atoms with Crippen LogP contribution in [0.2, 0.25) is 0 Å². The van der Waals surface area contributed by atoms with Gasteiger partial charge in [-0.25, -0.2) is 8.78 Å². The molecule has 0 fully saturated rings. The molecule has 0 aromatic heterocycles. The maximum Gasteiger partial charge on any atom is 0.255 e. The van der Waals surface area contributed by atoms with Crippen LogP contribution in [0.5, 0.6) is 0 Å². The van der Waals surface area contributed by atoms with E-state index in [1.165, 1.54) is 0 Å². The van der Waals surface area contributed by atoms with E-state index in [4.69, 9.17) is 5.26 Å². The topological polar surface area (TPSA) is 52.9 Å². The molecule has 0 aliphatic heterocycles. The number of nitrogens with one attached hydrogen (secondary N) is 1. The zero-order chi connectivity index (χ0) is 14.5. The van der Waals surface area contributed by atoms with E-state index in [1.54, 1.807) is 30.3 Å². The third-order valence-corrected chi connectivity index (χ3v) is 2.71. The molecule has 100 valence electrons. The van der Waals surface area contributed by atoms with Crippen LogP contribution in [0.3, 0.4) is 0 Å². The van der Waals surface area contributed by atoms with E-state index in [9.17, 15) is 13.6 Å². The van der Waals surface area contributed by atoms with Crippen LogP contribution in [0, 0.1) is 23.0 Å². The van der Waals surface area contributed by atoms with Gasteiger partial charge >= 0.3 is 0 Å². The van der Waals surface area contributed by atoms with Gasteiger partial charge < -0.3 is 5.32 Å². The Bertz CT molecular complexity index is 665. The maximum atomic E-state index is 13.5. The predicted octanol–water partition coefficient (Wildman–Crippen LogP) is 2.96. The summed E-state index contributed by atoms with van der Waals surface area (Å²) in [6.45, 7) is 0. The Hall–Kier alpha value is -2.74. The highest BCUT2D eigenvalue weighted by atomic mass is 19.1. The molecule has 1 N–H and O–H groups in total. The summed E-state index contributed by atoms with van der Waals surface area (Å²) in [4.78, 5) is 11.9. The van der Waals surface area contributed by atoms with Gasteiger partial charge in [0.05, 0.1) is 11.6 Å². The normalized spacial score (nSPS) is 11.4. The molecule has 0 radical (unpaired) electrons. The third-order valence-electron chi connectivity index (χ3n) is 2.71. The first-order valence-electron chi connectivity index (χ1n) is 5.82. The lowest BCUT2D eigenvalue weighted by Gasteiger charge is -2.12. The fourth-order valence-corrected chi connectivity index (χ4v) is 1.72. The highest BCUT2D eigenvalue weighted by molar-refractivity contribution is 5.94. The van der Waals surface area contributed by atoms with Gasteiger partial charge in [0.25, 0.3) is 5.91 Å². The van der Waals surface area contributed by atoms with Crippen molar-refractivity contribution in [1.82, 2.24) is 5.32 Å². The molecule has 2 aromatic rings. The first kappa shape index (κ1) is 13.7. The van der Waals surface area contributed by atoms with Crippen LogP contribution in [-0.4, -0.2) is 5.91 Å². The van der Waals surface area contributed by atoms with Gasteiger partial charge in [-0.15, -0.1) is 0 Å². The molecule has 2 rings (SSSR count). The number of hydrogen-bond acceptors (Lipinski definition) is 2. The van der Waals surface area contributed by atoms with Crippen molar-refractivity contribution in [2.24, 2.45) is 0 Å². The van der Waals surface area contributed by atoms with Gasteiger partial charge in [0.1, 0.15) is 17.7 Å². The average Bonchev–Trinajstić information content (AvgIpc) is 2.45. The van der Waals surface area contributed by atoms with Gasteiger partial charge in [-0.3, -0.25) is 4.79 Å². The summed E-state index contributed by atoms with van der Waals surface area (Å²) in [5, 5.41) is 11.5. The molecule has 5 heteroatoms. The molecular weight excluding hydrogens is 262 g/mol. The number of benzene rings is 2. The van der Waals surface area contributed by atoms with Gasteiger partial charge in [-0.1, -0.05) is 30.3 Å². The standard InChI is InChI=1S/C15H10F2N2O/c16-11-6-7-12(13(17)8-11)15(20)19-14(9-18)10-4-2-1-3-5-10/h1-8,14H,(H,19,20). The van der Waals surface area contributed by atoms with E-state index in [0.717, 1.165) is 12.1 Å². The number of nitriles is 1. The van der Waals surface area contributed by atoms with Crippen LogP contribution in [0.15, 0.2) is 48.5 Å². The zero-order valence-electron chi connectivity index (χ0n) is 10.3. The lowest BCUT2D eigenvalue weighted by atomic mass is 10.1. The molecule has 1 unspecified atom stereocenters. The van der Waals surface area contributed by atoms with Crippen LogP contribution in [0.4, 0.5) is 8.78 Å². The second-order valence-electron chi connectivity index (χ2n) is 4.07. The first-order valence-corrected chi connectivity index (χ1v) is 5.82. The van der Waals surface area contributed by atoms with Crippen LogP contribution >= 0.6 is 0 Å². The van der Waals surface area contributed by atoms with Crippen LogP contribution < -0.4 is 5.32 Å². The molecule has 0 aliphatic carbocycles. The number of amides is 1. The Morgan fingerprint density at radius 3 is 2.45 bits per heavy atom. The average molecular weight is 272 g/mol. The SMILES string of the molecule is N#CC(NC(=O)c1ccc(F)cc1F)c1ccccc1. The first-order chi connectivity index (χ1) is 9.61. The predicted molar refractivity (Wildman–Crippen MR) is 68.6 cm³/mol. The Balaban J connectivity index is 2.20. The maximum absolute atomic E-state index is 13.5. The van der Waals surface area contributed by atoms with E-state index in [0.29, 0.717) is 11.6 Å². The molecule has 3 nitrogen and oxygen atoms in total. The minimum absolute atomic E-state index is 0.303. The van der Waals surface area contributed by atoms with Crippen molar-refractivity contribution in [3.63, 3.8) is 0 Å². The van der Waals surface area contributed by atoms with Crippen molar-refractivity contribution >= 4 is 5.91 Å². The number of carbonyl (C=O) groups is 1. The lowest BCUT2D eigenvalue weighted by Crippen LogP contribution is -2.28. The monoisotopic (exact) mass is 272 g/mol. The molecule has 0 saturated heterocycles. The van der Waals surface area contributed by atoms with Crippen LogP contribution in [0.25, 0.3) is 0 Å². The van der Waals surface area contributed by atoms with Crippen LogP contribution in [-0.2, 0) is 0 Å². The van der Waals surface area contributed by atoms with E-state index in [1.807, 2.05) is 6.07 Å². The Morgan fingerprint density at radius 1 is 1.15 bits per heavy atom. The number of nitrogens with zero attached hydrogens (tertiary/aromatic N) is 1. The molecule has 20 heavy (non-hydrogen) atoms. The molecule has 0 spiro atoms. The molecule has 1 amide bonds. The van der Waals surface area contributed by atoms with E-state index < -0.39 is 23.6 Å². The Morgan fingerprint density at radius 2 is 1.85 bits per heavy atom. The lowest BCUT2D eigenvalue weighted by molar-refractivity contribution is 0.0941. The number of rotatable bonds is 3. The van der Waals surface area contributed by atoms with Gasteiger partial charge in [0.2, 0.25) is 0 Å². The Kier molecular flexibility index (Phi) is 4.06. The van der Waals surface area contributed by atoms with Crippen molar-refractivity contribution in [2.75, 3.05) is 0 Å². The van der Waals surface area contributed by atoms with Crippen molar-refractivity contribution in [1.29, 1.82) is 5.26 Å². The minimum atomic E-state index is -0.966.